The Hall–Kier alpha value is -3.60. The number of carbonyl (C=O) groups is 1. The summed E-state index contributed by atoms with van der Waals surface area (Å²) >= 11 is 5.83. The van der Waals surface area contributed by atoms with Crippen LogP contribution in [0.3, 0.4) is 0 Å². The van der Waals surface area contributed by atoms with Crippen molar-refractivity contribution in [2.45, 2.75) is 38.5 Å². The van der Waals surface area contributed by atoms with Gasteiger partial charge in [-0.3, -0.25) is 4.90 Å². The second-order valence-electron chi connectivity index (χ2n) is 9.51. The van der Waals surface area contributed by atoms with Gasteiger partial charge in [-0.25, -0.2) is 24.1 Å². The van der Waals surface area contributed by atoms with Crippen LogP contribution in [0.1, 0.15) is 46.3 Å². The highest BCUT2D eigenvalue weighted by Gasteiger charge is 2.24. The first-order valence-electron chi connectivity index (χ1n) is 12.7. The van der Waals surface area contributed by atoms with Crippen molar-refractivity contribution in [3.8, 4) is 5.88 Å². The van der Waals surface area contributed by atoms with Gasteiger partial charge in [-0.15, -0.1) is 0 Å². The fourth-order valence-electron chi connectivity index (χ4n) is 4.86. The van der Waals surface area contributed by atoms with Gasteiger partial charge >= 0.3 is 5.97 Å². The molecule has 1 N–H and O–H groups in total. The van der Waals surface area contributed by atoms with Crippen LogP contribution in [0.4, 0.5) is 4.39 Å². The number of aromatic carboxylic acids is 1. The van der Waals surface area contributed by atoms with E-state index >= 15 is 0 Å². The van der Waals surface area contributed by atoms with Crippen LogP contribution in [0.25, 0.3) is 11.0 Å². The normalized spacial score (nSPS) is 14.6. The topological polar surface area (TPSA) is 103 Å². The van der Waals surface area contributed by atoms with Crippen molar-refractivity contribution < 1.29 is 23.8 Å². The molecule has 0 saturated carbocycles. The van der Waals surface area contributed by atoms with E-state index < -0.39 is 11.8 Å². The highest BCUT2D eigenvalue weighted by Crippen LogP contribution is 2.29. The van der Waals surface area contributed by atoms with Gasteiger partial charge in [0.05, 0.1) is 24.9 Å². The number of hydrogen-bond donors (Lipinski definition) is 1. The van der Waals surface area contributed by atoms with E-state index in [0.717, 1.165) is 43.0 Å². The molecule has 1 aromatic carbocycles. The summed E-state index contributed by atoms with van der Waals surface area (Å²) in [5.41, 5.74) is 2.78. The predicted molar refractivity (Wildman–Crippen MR) is 144 cm³/mol. The van der Waals surface area contributed by atoms with E-state index in [1.165, 1.54) is 12.3 Å². The zero-order valence-electron chi connectivity index (χ0n) is 21.5. The average molecular weight is 554 g/mol. The molecule has 4 heterocycles. The van der Waals surface area contributed by atoms with Gasteiger partial charge in [-0.1, -0.05) is 23.7 Å². The Morgan fingerprint density at radius 2 is 2.00 bits per heavy atom. The Balaban J connectivity index is 1.23. The van der Waals surface area contributed by atoms with Crippen LogP contribution >= 0.6 is 11.6 Å². The number of hydrogen-bond acceptors (Lipinski definition) is 7. The molecule has 204 valence electrons. The fourth-order valence-corrected chi connectivity index (χ4v) is 5.02. The van der Waals surface area contributed by atoms with Crippen molar-refractivity contribution in [1.82, 2.24) is 24.4 Å². The zero-order chi connectivity index (χ0) is 27.4. The Kier molecular flexibility index (Phi) is 8.35. The summed E-state index contributed by atoms with van der Waals surface area (Å²) in [6.07, 6.45) is 3.36. The van der Waals surface area contributed by atoms with Crippen LogP contribution in [-0.2, 0) is 24.4 Å². The summed E-state index contributed by atoms with van der Waals surface area (Å²) in [6.45, 7) is 3.49. The first-order chi connectivity index (χ1) is 18.9. The number of halogens is 2. The minimum absolute atomic E-state index is 0.00885. The van der Waals surface area contributed by atoms with Crippen LogP contribution in [0.5, 0.6) is 5.88 Å². The number of benzene rings is 1. The Morgan fingerprint density at radius 1 is 1.18 bits per heavy atom. The molecular weight excluding hydrogens is 525 g/mol. The molecule has 1 saturated heterocycles. The first kappa shape index (κ1) is 27.0. The summed E-state index contributed by atoms with van der Waals surface area (Å²) in [4.78, 5) is 27.2. The molecule has 0 bridgehead atoms. The molecule has 39 heavy (non-hydrogen) atoms. The number of piperidine rings is 1. The van der Waals surface area contributed by atoms with Crippen molar-refractivity contribution in [3.63, 3.8) is 0 Å². The van der Waals surface area contributed by atoms with Gasteiger partial charge in [0.1, 0.15) is 29.5 Å². The lowest BCUT2D eigenvalue weighted by atomic mass is 9.93. The summed E-state index contributed by atoms with van der Waals surface area (Å²) in [6, 6.07) is 11.8. The number of fused-ring (bicyclic) bond motifs is 1. The Morgan fingerprint density at radius 3 is 2.74 bits per heavy atom. The molecule has 1 fully saturated rings. The maximum atomic E-state index is 14.1. The van der Waals surface area contributed by atoms with Crippen molar-refractivity contribution in [2.75, 3.05) is 26.8 Å². The molecule has 1 aliphatic rings. The molecule has 11 heteroatoms. The molecule has 0 atom stereocenters. The van der Waals surface area contributed by atoms with E-state index in [2.05, 4.69) is 9.88 Å². The van der Waals surface area contributed by atoms with Crippen LogP contribution in [0.2, 0.25) is 5.02 Å². The third-order valence-corrected chi connectivity index (χ3v) is 7.19. The Bertz CT molecular complexity index is 1470. The largest absolute Gasteiger partial charge is 0.477 e. The number of methoxy groups -OCH3 is 1. The maximum Gasteiger partial charge on any atom is 0.354 e. The second-order valence-corrected chi connectivity index (χ2v) is 9.95. The van der Waals surface area contributed by atoms with Crippen LogP contribution in [0.15, 0.2) is 48.7 Å². The third kappa shape index (κ3) is 6.35. The summed E-state index contributed by atoms with van der Waals surface area (Å²) < 4.78 is 27.2. The van der Waals surface area contributed by atoms with Crippen LogP contribution < -0.4 is 4.74 Å². The molecule has 9 nitrogen and oxygen atoms in total. The third-order valence-electron chi connectivity index (χ3n) is 6.96. The van der Waals surface area contributed by atoms with E-state index in [9.17, 15) is 14.3 Å². The monoisotopic (exact) mass is 553 g/mol. The molecule has 1 aliphatic heterocycles. The van der Waals surface area contributed by atoms with Crippen LogP contribution in [-0.4, -0.2) is 62.3 Å². The number of aromatic nitrogens is 4. The molecule has 0 amide bonds. The second kappa shape index (κ2) is 12.1. The minimum Gasteiger partial charge on any atom is -0.477 e. The van der Waals surface area contributed by atoms with Gasteiger partial charge in [0.25, 0.3) is 0 Å². The highest BCUT2D eigenvalue weighted by atomic mass is 35.5. The lowest BCUT2D eigenvalue weighted by Gasteiger charge is -2.31. The molecule has 0 radical (unpaired) electrons. The number of pyridine rings is 2. The number of likely N-dealkylation sites (tertiary alicyclic amines) is 1. The highest BCUT2D eigenvalue weighted by molar-refractivity contribution is 6.30. The van der Waals surface area contributed by atoms with Gasteiger partial charge in [0.2, 0.25) is 5.88 Å². The zero-order valence-corrected chi connectivity index (χ0v) is 22.3. The van der Waals surface area contributed by atoms with Gasteiger partial charge in [-0.2, -0.15) is 0 Å². The van der Waals surface area contributed by atoms with Crippen molar-refractivity contribution in [3.05, 3.63) is 82.3 Å². The standard InChI is InChI=1S/C28H29ClFN5O4/c1-38-12-11-35-25-14-23(28(36)37)31-15-24(25)32-26(35)16-34-9-7-18(8-10-34)22-3-2-4-27(33-22)39-17-19-5-6-20(29)13-21(19)30/h2-6,13-15,18H,7-12,16-17H2,1H3,(H,36,37). The van der Waals surface area contributed by atoms with Crippen molar-refractivity contribution >= 4 is 28.6 Å². The first-order valence-corrected chi connectivity index (χ1v) is 13.1. The number of rotatable bonds is 10. The molecule has 0 unspecified atom stereocenters. The van der Waals surface area contributed by atoms with E-state index in [1.807, 2.05) is 16.7 Å². The van der Waals surface area contributed by atoms with E-state index in [0.29, 0.717) is 41.7 Å². The predicted octanol–water partition coefficient (Wildman–Crippen LogP) is 4.92. The molecule has 0 spiro atoms. The quantitative estimate of drug-likeness (QED) is 0.295. The molecule has 0 aliphatic carbocycles. The smallest absolute Gasteiger partial charge is 0.354 e. The minimum atomic E-state index is -1.07. The SMILES string of the molecule is COCCn1c(CN2CCC(c3cccc(OCc4ccc(Cl)cc4F)n3)CC2)nc2cnc(C(=O)O)cc21. The number of nitrogens with zero attached hydrogens (tertiary/aromatic N) is 5. The number of carboxylic acids is 1. The van der Waals surface area contributed by atoms with Gasteiger partial charge in [0.15, 0.2) is 0 Å². The Labute approximate surface area is 230 Å². The number of ether oxygens (including phenoxy) is 2. The molecule has 4 aromatic rings. The summed E-state index contributed by atoms with van der Waals surface area (Å²) in [7, 11) is 1.64. The number of imidazole rings is 1. The maximum absolute atomic E-state index is 14.1. The van der Waals surface area contributed by atoms with E-state index in [4.69, 9.17) is 31.0 Å². The van der Waals surface area contributed by atoms with Crippen molar-refractivity contribution in [1.29, 1.82) is 0 Å². The number of carboxylic acid groups (broad SMARTS) is 1. The van der Waals surface area contributed by atoms with E-state index in [1.54, 1.807) is 31.4 Å². The van der Waals surface area contributed by atoms with Gasteiger partial charge in [0, 0.05) is 41.9 Å². The van der Waals surface area contributed by atoms with Crippen LogP contribution in [0, 0.1) is 5.82 Å². The summed E-state index contributed by atoms with van der Waals surface area (Å²) in [5, 5.41) is 9.71. The summed E-state index contributed by atoms with van der Waals surface area (Å²) in [5.74, 6) is 0.130. The molecule has 5 rings (SSSR count). The van der Waals surface area contributed by atoms with Gasteiger partial charge in [-0.05, 0) is 50.2 Å². The molecular formula is C28H29ClFN5O4. The van der Waals surface area contributed by atoms with E-state index in [-0.39, 0.29) is 18.2 Å². The lowest BCUT2D eigenvalue weighted by molar-refractivity contribution is 0.0690. The van der Waals surface area contributed by atoms with Gasteiger partial charge < -0.3 is 19.1 Å². The fraction of sp³-hybridized carbons (Fsp3) is 0.357. The molecule has 3 aromatic heterocycles. The average Bonchev–Trinajstić information content (AvgIpc) is 3.27. The lowest BCUT2D eigenvalue weighted by Crippen LogP contribution is -2.33. The van der Waals surface area contributed by atoms with Crippen molar-refractivity contribution in [2.24, 2.45) is 0 Å².